The molecule has 2 N–H and O–H groups in total. The summed E-state index contributed by atoms with van der Waals surface area (Å²) in [6, 6.07) is 2.38. The first-order chi connectivity index (χ1) is 14.7. The Hall–Kier alpha value is -1.33. The van der Waals surface area contributed by atoms with Crippen LogP contribution in [0.1, 0.15) is 90.7 Å². The van der Waals surface area contributed by atoms with Crippen molar-refractivity contribution in [2.75, 3.05) is 7.05 Å². The summed E-state index contributed by atoms with van der Waals surface area (Å²) < 4.78 is 14.6. The predicted molar refractivity (Wildman–Crippen MR) is 127 cm³/mol. The molecule has 1 aromatic carbocycles. The summed E-state index contributed by atoms with van der Waals surface area (Å²) >= 11 is 12.5. The van der Waals surface area contributed by atoms with Gasteiger partial charge >= 0.3 is 0 Å². The van der Waals surface area contributed by atoms with E-state index in [0.29, 0.717) is 10.6 Å². The van der Waals surface area contributed by atoms with Crippen molar-refractivity contribution in [3.05, 3.63) is 33.6 Å². The van der Waals surface area contributed by atoms with E-state index in [0.717, 1.165) is 51.4 Å². The maximum absolute atomic E-state index is 14.6. The number of rotatable bonds is 4. The van der Waals surface area contributed by atoms with Crippen LogP contribution in [0, 0.1) is 17.2 Å². The molecule has 0 spiro atoms. The molecule has 0 bridgehead atoms. The van der Waals surface area contributed by atoms with Crippen molar-refractivity contribution in [2.24, 2.45) is 11.3 Å². The number of benzene rings is 1. The first-order valence-electron chi connectivity index (χ1n) is 11.3. The monoisotopic (exact) mass is 474 g/mol. The van der Waals surface area contributed by atoms with Crippen LogP contribution < -0.4 is 10.6 Å². The molecule has 0 heterocycles. The first kappa shape index (κ1) is 27.7. The van der Waals surface area contributed by atoms with Crippen molar-refractivity contribution < 1.29 is 14.0 Å². The van der Waals surface area contributed by atoms with Gasteiger partial charge in [0.2, 0.25) is 11.8 Å². The van der Waals surface area contributed by atoms with Crippen LogP contribution in [0.3, 0.4) is 0 Å². The van der Waals surface area contributed by atoms with Gasteiger partial charge in [-0.1, -0.05) is 69.7 Å². The zero-order valence-corrected chi connectivity index (χ0v) is 20.9. The highest BCUT2D eigenvalue weighted by Crippen LogP contribution is 2.50. The molecule has 1 atom stereocenters. The Morgan fingerprint density at radius 1 is 1.10 bits per heavy atom. The first-order valence-corrected chi connectivity index (χ1v) is 12.1. The zero-order chi connectivity index (χ0) is 23.6. The lowest BCUT2D eigenvalue weighted by Gasteiger charge is -2.36. The molecular formula is C24H37Cl2FN2O2. The molecule has 0 aromatic heterocycles. The summed E-state index contributed by atoms with van der Waals surface area (Å²) in [5.41, 5.74) is 0.156. The lowest BCUT2D eigenvalue weighted by atomic mass is 9.76. The molecule has 2 saturated carbocycles. The number of hydrogen-bond acceptors (Lipinski definition) is 2. The van der Waals surface area contributed by atoms with Crippen molar-refractivity contribution in [1.82, 2.24) is 10.6 Å². The minimum Gasteiger partial charge on any atom is -0.359 e. The second kappa shape index (κ2) is 13.3. The fourth-order valence-electron chi connectivity index (χ4n) is 4.32. The Labute approximate surface area is 196 Å². The van der Waals surface area contributed by atoms with Crippen molar-refractivity contribution in [2.45, 2.75) is 85.1 Å². The van der Waals surface area contributed by atoms with E-state index < -0.39 is 11.9 Å². The molecule has 2 aliphatic rings. The zero-order valence-electron chi connectivity index (χ0n) is 19.4. The third-order valence-corrected chi connectivity index (χ3v) is 6.99. The average molecular weight is 475 g/mol. The predicted octanol–water partition coefficient (Wildman–Crippen LogP) is 6.84. The number of carbonyl (C=O) groups is 2. The summed E-state index contributed by atoms with van der Waals surface area (Å²) in [4.78, 5) is 22.4. The SMILES string of the molecule is CC.CC1(C(NC(=O)C2CCCC2)c2c(F)ccc(Cl)c2Cl)CCCC1.CNC(C)=O. The minimum absolute atomic E-state index is 0.00463. The van der Waals surface area contributed by atoms with Crippen LogP contribution in [-0.2, 0) is 9.59 Å². The summed E-state index contributed by atoms with van der Waals surface area (Å²) in [5.74, 6) is -0.321. The van der Waals surface area contributed by atoms with E-state index in [4.69, 9.17) is 23.2 Å². The van der Waals surface area contributed by atoms with Gasteiger partial charge in [-0.05, 0) is 43.2 Å². The van der Waals surface area contributed by atoms with Crippen LogP contribution in [0.25, 0.3) is 0 Å². The van der Waals surface area contributed by atoms with Gasteiger partial charge in [-0.15, -0.1) is 0 Å². The van der Waals surface area contributed by atoms with E-state index in [2.05, 4.69) is 17.6 Å². The summed E-state index contributed by atoms with van der Waals surface area (Å²) in [5, 5.41) is 6.09. The molecular weight excluding hydrogens is 438 g/mol. The van der Waals surface area contributed by atoms with Gasteiger partial charge in [-0.25, -0.2) is 4.39 Å². The lowest BCUT2D eigenvalue weighted by molar-refractivity contribution is -0.126. The second-order valence-corrected chi connectivity index (χ2v) is 9.13. The molecule has 2 amide bonds. The Morgan fingerprint density at radius 2 is 1.61 bits per heavy atom. The van der Waals surface area contributed by atoms with E-state index in [9.17, 15) is 14.0 Å². The normalized spacial score (nSPS) is 18.2. The molecule has 31 heavy (non-hydrogen) atoms. The largest absolute Gasteiger partial charge is 0.359 e. The molecule has 0 radical (unpaired) electrons. The van der Waals surface area contributed by atoms with Gasteiger partial charge in [0, 0.05) is 25.5 Å². The molecule has 0 aliphatic heterocycles. The topological polar surface area (TPSA) is 58.2 Å². The molecule has 7 heteroatoms. The fraction of sp³-hybridized carbons (Fsp3) is 0.667. The number of amides is 2. The van der Waals surface area contributed by atoms with E-state index in [-0.39, 0.29) is 28.2 Å². The van der Waals surface area contributed by atoms with Gasteiger partial charge < -0.3 is 10.6 Å². The second-order valence-electron chi connectivity index (χ2n) is 8.35. The number of carbonyl (C=O) groups excluding carboxylic acids is 2. The summed E-state index contributed by atoms with van der Waals surface area (Å²) in [6.07, 6.45) is 8.09. The number of hydrogen-bond donors (Lipinski definition) is 2. The standard InChI is InChI=1S/C19H24Cl2FNO.C3H7NO.C2H6/c1-19(10-4-5-11-19)17(23-18(24)12-6-2-3-7-12)15-14(22)9-8-13(20)16(15)21;1-3(5)4-2;1-2/h8-9,12,17H,2-7,10-11H2,1H3,(H,23,24);1-2H3,(H,4,5);1-2H3. The van der Waals surface area contributed by atoms with Crippen LogP contribution in [0.4, 0.5) is 4.39 Å². The Morgan fingerprint density at radius 3 is 2.10 bits per heavy atom. The molecule has 1 unspecified atom stereocenters. The van der Waals surface area contributed by atoms with E-state index in [1.165, 1.54) is 19.1 Å². The van der Waals surface area contributed by atoms with Gasteiger partial charge in [0.05, 0.1) is 16.1 Å². The van der Waals surface area contributed by atoms with Crippen molar-refractivity contribution >= 4 is 35.0 Å². The summed E-state index contributed by atoms with van der Waals surface area (Å²) in [6.45, 7) is 7.59. The third-order valence-electron chi connectivity index (χ3n) is 6.18. The molecule has 3 rings (SSSR count). The molecule has 4 nitrogen and oxygen atoms in total. The minimum atomic E-state index is -0.431. The Balaban J connectivity index is 0.000000605. The van der Waals surface area contributed by atoms with E-state index in [1.54, 1.807) is 7.05 Å². The molecule has 2 fully saturated rings. The highest BCUT2D eigenvalue weighted by atomic mass is 35.5. The maximum atomic E-state index is 14.6. The van der Waals surface area contributed by atoms with Gasteiger partial charge in [0.25, 0.3) is 0 Å². The highest BCUT2D eigenvalue weighted by molar-refractivity contribution is 6.42. The summed E-state index contributed by atoms with van der Waals surface area (Å²) in [7, 11) is 1.60. The van der Waals surface area contributed by atoms with Gasteiger partial charge in [0.15, 0.2) is 0 Å². The Kier molecular flexibility index (Phi) is 11.9. The lowest BCUT2D eigenvalue weighted by Crippen LogP contribution is -2.41. The van der Waals surface area contributed by atoms with Gasteiger partial charge in [-0.2, -0.15) is 0 Å². The highest BCUT2D eigenvalue weighted by Gasteiger charge is 2.42. The van der Waals surface area contributed by atoms with Crippen LogP contribution in [0.5, 0.6) is 0 Å². The maximum Gasteiger partial charge on any atom is 0.223 e. The number of halogens is 3. The van der Waals surface area contributed by atoms with Crippen LogP contribution in [0.2, 0.25) is 10.0 Å². The van der Waals surface area contributed by atoms with Crippen molar-refractivity contribution in [1.29, 1.82) is 0 Å². The van der Waals surface area contributed by atoms with Crippen LogP contribution >= 0.6 is 23.2 Å². The smallest absolute Gasteiger partial charge is 0.223 e. The van der Waals surface area contributed by atoms with E-state index in [1.807, 2.05) is 13.8 Å². The number of nitrogens with one attached hydrogen (secondary N) is 2. The molecule has 0 saturated heterocycles. The fourth-order valence-corrected chi connectivity index (χ4v) is 4.75. The Bertz CT molecular complexity index is 731. The average Bonchev–Trinajstić information content (AvgIpc) is 3.45. The molecule has 2 aliphatic carbocycles. The van der Waals surface area contributed by atoms with Crippen LogP contribution in [-0.4, -0.2) is 18.9 Å². The van der Waals surface area contributed by atoms with Crippen LogP contribution in [0.15, 0.2) is 12.1 Å². The molecule has 1 aromatic rings. The van der Waals surface area contributed by atoms with Gasteiger partial charge in [0.1, 0.15) is 5.82 Å². The molecule has 176 valence electrons. The van der Waals surface area contributed by atoms with Gasteiger partial charge in [-0.3, -0.25) is 9.59 Å². The van der Waals surface area contributed by atoms with Crippen molar-refractivity contribution in [3.8, 4) is 0 Å². The van der Waals surface area contributed by atoms with Crippen molar-refractivity contribution in [3.63, 3.8) is 0 Å². The van der Waals surface area contributed by atoms with E-state index >= 15 is 0 Å². The quantitative estimate of drug-likeness (QED) is 0.469. The third kappa shape index (κ3) is 7.64.